The lowest BCUT2D eigenvalue weighted by atomic mass is 10.2. The number of ether oxygens (including phenoxy) is 2. The van der Waals surface area contributed by atoms with E-state index in [1.54, 1.807) is 6.07 Å². The Morgan fingerprint density at radius 1 is 1.33 bits per heavy atom. The molecule has 1 aromatic rings. The molecule has 2 rings (SSSR count). The standard InChI is InChI=1S/C14H14Cl2N2O5S/c1-9(8-17)23-14(19)10-6-13(12(16)7-11(10)15)24(20,21)18-2-4-22-5-3-18/h6-7,9H,2-5H2,1H3/t9-/m1/s1. The third kappa shape index (κ3) is 3.99. The molecular weight excluding hydrogens is 379 g/mol. The second-order valence-electron chi connectivity index (χ2n) is 4.96. The Kier molecular flexibility index (Phi) is 6.06. The first-order chi connectivity index (χ1) is 11.3. The van der Waals surface area contributed by atoms with Crippen molar-refractivity contribution >= 4 is 39.2 Å². The number of carbonyl (C=O) groups is 1. The maximum absolute atomic E-state index is 12.7. The van der Waals surface area contributed by atoms with E-state index in [-0.39, 0.29) is 46.8 Å². The zero-order valence-corrected chi connectivity index (χ0v) is 15.0. The molecule has 0 amide bonds. The van der Waals surface area contributed by atoms with Crippen LogP contribution in [-0.2, 0) is 19.5 Å². The lowest BCUT2D eigenvalue weighted by Gasteiger charge is -2.26. The minimum atomic E-state index is -3.91. The van der Waals surface area contributed by atoms with Crippen molar-refractivity contribution in [3.63, 3.8) is 0 Å². The van der Waals surface area contributed by atoms with E-state index in [4.69, 9.17) is 37.9 Å². The molecule has 1 aliphatic heterocycles. The number of carbonyl (C=O) groups excluding carboxylic acids is 1. The Bertz CT molecular complexity index is 785. The van der Waals surface area contributed by atoms with Gasteiger partial charge >= 0.3 is 5.97 Å². The van der Waals surface area contributed by atoms with Crippen LogP contribution in [0.25, 0.3) is 0 Å². The van der Waals surface area contributed by atoms with Gasteiger partial charge in [0.2, 0.25) is 10.0 Å². The van der Waals surface area contributed by atoms with Crippen LogP contribution in [0.5, 0.6) is 0 Å². The largest absolute Gasteiger partial charge is 0.444 e. The molecule has 10 heteroatoms. The van der Waals surface area contributed by atoms with Gasteiger partial charge in [-0.25, -0.2) is 13.2 Å². The molecule has 0 aliphatic carbocycles. The second kappa shape index (κ2) is 7.68. The van der Waals surface area contributed by atoms with Crippen molar-refractivity contribution in [2.75, 3.05) is 26.3 Å². The van der Waals surface area contributed by atoms with Crippen molar-refractivity contribution in [1.29, 1.82) is 5.26 Å². The Balaban J connectivity index is 2.42. The fraction of sp³-hybridized carbons (Fsp3) is 0.429. The summed E-state index contributed by atoms with van der Waals surface area (Å²) >= 11 is 12.0. The van der Waals surface area contributed by atoms with Crippen LogP contribution < -0.4 is 0 Å². The smallest absolute Gasteiger partial charge is 0.341 e. The van der Waals surface area contributed by atoms with Gasteiger partial charge in [-0.2, -0.15) is 9.57 Å². The van der Waals surface area contributed by atoms with Crippen molar-refractivity contribution < 1.29 is 22.7 Å². The molecule has 0 aromatic heterocycles. The first kappa shape index (κ1) is 19.0. The lowest BCUT2D eigenvalue weighted by molar-refractivity contribution is 0.0435. The summed E-state index contributed by atoms with van der Waals surface area (Å²) in [5, 5.41) is 8.54. The Morgan fingerprint density at radius 2 is 1.96 bits per heavy atom. The van der Waals surface area contributed by atoms with Gasteiger partial charge in [0.1, 0.15) is 11.0 Å². The van der Waals surface area contributed by atoms with Gasteiger partial charge in [-0.3, -0.25) is 0 Å². The molecule has 1 fully saturated rings. The van der Waals surface area contributed by atoms with Crippen LogP contribution in [0, 0.1) is 11.3 Å². The predicted molar refractivity (Wildman–Crippen MR) is 86.5 cm³/mol. The normalized spacial score (nSPS) is 17.1. The highest BCUT2D eigenvalue weighted by molar-refractivity contribution is 7.89. The fourth-order valence-electron chi connectivity index (χ4n) is 2.06. The van der Waals surface area contributed by atoms with E-state index in [9.17, 15) is 13.2 Å². The molecule has 7 nitrogen and oxygen atoms in total. The molecule has 0 spiro atoms. The van der Waals surface area contributed by atoms with Gasteiger partial charge in [-0.15, -0.1) is 0 Å². The number of morpholine rings is 1. The van der Waals surface area contributed by atoms with Crippen LogP contribution in [-0.4, -0.2) is 51.1 Å². The number of sulfonamides is 1. The van der Waals surface area contributed by atoms with Crippen LogP contribution >= 0.6 is 23.2 Å². The predicted octanol–water partition coefficient (Wildman–Crippen LogP) is 2.08. The van der Waals surface area contributed by atoms with Gasteiger partial charge in [-0.05, 0) is 19.1 Å². The van der Waals surface area contributed by atoms with Gasteiger partial charge in [0.25, 0.3) is 0 Å². The number of hydrogen-bond acceptors (Lipinski definition) is 6. The van der Waals surface area contributed by atoms with Crippen molar-refractivity contribution in [1.82, 2.24) is 4.31 Å². The molecule has 1 aliphatic rings. The van der Waals surface area contributed by atoms with Crippen LogP contribution in [0.3, 0.4) is 0 Å². The van der Waals surface area contributed by atoms with E-state index in [0.29, 0.717) is 0 Å². The van der Waals surface area contributed by atoms with Gasteiger partial charge in [-0.1, -0.05) is 23.2 Å². The van der Waals surface area contributed by atoms with Gasteiger partial charge in [0, 0.05) is 13.1 Å². The maximum Gasteiger partial charge on any atom is 0.341 e. The second-order valence-corrected chi connectivity index (χ2v) is 7.68. The van der Waals surface area contributed by atoms with Crippen molar-refractivity contribution in [3.8, 4) is 6.07 Å². The number of nitrogens with zero attached hydrogens (tertiary/aromatic N) is 2. The van der Waals surface area contributed by atoms with E-state index >= 15 is 0 Å². The van der Waals surface area contributed by atoms with Crippen LogP contribution in [0.2, 0.25) is 10.0 Å². The van der Waals surface area contributed by atoms with Crippen LogP contribution in [0.4, 0.5) is 0 Å². The molecule has 1 atom stereocenters. The SMILES string of the molecule is C[C@H](C#N)OC(=O)c1cc(S(=O)(=O)N2CCOCC2)c(Cl)cc1Cl. The van der Waals surface area contributed by atoms with Gasteiger partial charge in [0.15, 0.2) is 6.10 Å². The molecule has 0 bridgehead atoms. The quantitative estimate of drug-likeness (QED) is 0.727. The molecule has 24 heavy (non-hydrogen) atoms. The summed E-state index contributed by atoms with van der Waals surface area (Å²) in [5.74, 6) is -0.899. The average Bonchev–Trinajstić information content (AvgIpc) is 2.55. The Labute approximate surface area is 149 Å². The van der Waals surface area contributed by atoms with E-state index < -0.39 is 22.1 Å². The van der Waals surface area contributed by atoms with Crippen molar-refractivity contribution in [2.24, 2.45) is 0 Å². The number of hydrogen-bond donors (Lipinski definition) is 0. The minimum Gasteiger partial charge on any atom is -0.444 e. The Morgan fingerprint density at radius 3 is 2.54 bits per heavy atom. The summed E-state index contributed by atoms with van der Waals surface area (Å²) in [7, 11) is -3.91. The maximum atomic E-state index is 12.7. The first-order valence-corrected chi connectivity index (χ1v) is 9.14. The monoisotopic (exact) mass is 392 g/mol. The zero-order chi connectivity index (χ0) is 17.9. The third-order valence-corrected chi connectivity index (χ3v) is 5.97. The van der Waals surface area contributed by atoms with Crippen LogP contribution in [0.1, 0.15) is 17.3 Å². The Hall–Kier alpha value is -1.37. The van der Waals surface area contributed by atoms with Gasteiger partial charge in [0.05, 0.1) is 28.8 Å². The summed E-state index contributed by atoms with van der Waals surface area (Å²) < 4.78 is 36.6. The number of nitriles is 1. The number of benzene rings is 1. The van der Waals surface area contributed by atoms with Crippen molar-refractivity contribution in [2.45, 2.75) is 17.9 Å². The fourth-order valence-corrected chi connectivity index (χ4v) is 4.29. The average molecular weight is 393 g/mol. The molecule has 0 N–H and O–H groups in total. The molecule has 1 heterocycles. The summed E-state index contributed by atoms with van der Waals surface area (Å²) in [4.78, 5) is 11.8. The van der Waals surface area contributed by atoms with E-state index in [0.717, 1.165) is 6.07 Å². The van der Waals surface area contributed by atoms with E-state index in [1.165, 1.54) is 17.3 Å². The number of rotatable bonds is 4. The summed E-state index contributed by atoms with van der Waals surface area (Å²) in [6.45, 7) is 2.31. The highest BCUT2D eigenvalue weighted by Gasteiger charge is 2.30. The molecule has 0 saturated carbocycles. The molecule has 1 aromatic carbocycles. The van der Waals surface area contributed by atoms with E-state index in [1.807, 2.05) is 0 Å². The zero-order valence-electron chi connectivity index (χ0n) is 12.7. The molecule has 0 unspecified atom stereocenters. The third-order valence-electron chi connectivity index (χ3n) is 3.29. The lowest BCUT2D eigenvalue weighted by Crippen LogP contribution is -2.40. The van der Waals surface area contributed by atoms with Crippen molar-refractivity contribution in [3.05, 3.63) is 27.7 Å². The topological polar surface area (TPSA) is 96.7 Å². The molecule has 0 radical (unpaired) electrons. The van der Waals surface area contributed by atoms with Crippen LogP contribution in [0.15, 0.2) is 17.0 Å². The first-order valence-electron chi connectivity index (χ1n) is 6.95. The summed E-state index contributed by atoms with van der Waals surface area (Å²) in [6.07, 6.45) is -0.997. The highest BCUT2D eigenvalue weighted by atomic mass is 35.5. The molecular formula is C14H14Cl2N2O5S. The minimum absolute atomic E-state index is 0.0592. The highest BCUT2D eigenvalue weighted by Crippen LogP contribution is 2.31. The summed E-state index contributed by atoms with van der Waals surface area (Å²) in [6, 6.07) is 3.98. The molecule has 1 saturated heterocycles. The number of halogens is 2. The van der Waals surface area contributed by atoms with Gasteiger partial charge < -0.3 is 9.47 Å². The van der Waals surface area contributed by atoms with E-state index in [2.05, 4.69) is 0 Å². The number of esters is 1. The summed E-state index contributed by atoms with van der Waals surface area (Å²) in [5.41, 5.74) is -0.171. The molecule has 130 valence electrons.